The molecular weight excluding hydrogens is 204 g/mol. The molecule has 4 nitrogen and oxygen atoms in total. The van der Waals surface area contributed by atoms with Crippen LogP contribution in [0.15, 0.2) is 10.7 Å². The van der Waals surface area contributed by atoms with Gasteiger partial charge in [0.15, 0.2) is 12.0 Å². The third kappa shape index (κ3) is 2.02. The van der Waals surface area contributed by atoms with Gasteiger partial charge in [-0.2, -0.15) is 0 Å². The molecule has 0 aromatic carbocycles. The van der Waals surface area contributed by atoms with E-state index in [2.05, 4.69) is 23.9 Å². The maximum atomic E-state index is 10.9. The number of carbonyl (C=O) groups excluding carboxylic acids is 1. The molecular formula is C12H18N2O2. The van der Waals surface area contributed by atoms with E-state index in [1.54, 1.807) is 0 Å². The highest BCUT2D eigenvalue weighted by Crippen LogP contribution is 2.33. The zero-order chi connectivity index (χ0) is 11.5. The average Bonchev–Trinajstić information content (AvgIpc) is 2.76. The predicted molar refractivity (Wildman–Crippen MR) is 60.3 cm³/mol. The minimum atomic E-state index is 0.219. The smallest absolute Gasteiger partial charge is 0.164 e. The molecule has 0 bridgehead atoms. The van der Waals surface area contributed by atoms with Crippen molar-refractivity contribution in [3.8, 4) is 0 Å². The summed E-state index contributed by atoms with van der Waals surface area (Å²) in [5, 5.41) is 3.73. The molecule has 1 atom stereocenters. The summed E-state index contributed by atoms with van der Waals surface area (Å²) in [6, 6.07) is 0.686. The van der Waals surface area contributed by atoms with Gasteiger partial charge < -0.3 is 4.52 Å². The number of aldehydes is 1. The van der Waals surface area contributed by atoms with Crippen molar-refractivity contribution < 1.29 is 9.32 Å². The first-order chi connectivity index (χ1) is 7.74. The van der Waals surface area contributed by atoms with Gasteiger partial charge in [0.25, 0.3) is 0 Å². The molecule has 2 heterocycles. The fourth-order valence-corrected chi connectivity index (χ4v) is 2.45. The van der Waals surface area contributed by atoms with E-state index in [0.29, 0.717) is 11.6 Å². The standard InChI is InChI=1S/C12H18N2O2/c1-9(2)14-6-4-3-5-11(14)12-10(8-15)7-13-16-12/h7-9,11H,3-6H2,1-2H3. The first-order valence-electron chi connectivity index (χ1n) is 5.89. The van der Waals surface area contributed by atoms with Crippen LogP contribution < -0.4 is 0 Å². The largest absolute Gasteiger partial charge is 0.359 e. The number of carbonyl (C=O) groups is 1. The Morgan fingerprint density at radius 2 is 2.38 bits per heavy atom. The lowest BCUT2D eigenvalue weighted by Crippen LogP contribution is -2.38. The van der Waals surface area contributed by atoms with Crippen molar-refractivity contribution >= 4 is 6.29 Å². The van der Waals surface area contributed by atoms with Crippen LogP contribution in [-0.4, -0.2) is 28.9 Å². The van der Waals surface area contributed by atoms with Crippen LogP contribution in [0.1, 0.15) is 55.3 Å². The third-order valence-electron chi connectivity index (χ3n) is 3.26. The quantitative estimate of drug-likeness (QED) is 0.737. The van der Waals surface area contributed by atoms with Gasteiger partial charge in [0, 0.05) is 6.04 Å². The second-order valence-electron chi connectivity index (χ2n) is 4.61. The normalized spacial score (nSPS) is 22.6. The van der Waals surface area contributed by atoms with E-state index in [-0.39, 0.29) is 6.04 Å². The number of nitrogens with zero attached hydrogens (tertiary/aromatic N) is 2. The molecule has 0 radical (unpaired) electrons. The Hall–Kier alpha value is -1.16. The average molecular weight is 222 g/mol. The second-order valence-corrected chi connectivity index (χ2v) is 4.61. The molecule has 88 valence electrons. The van der Waals surface area contributed by atoms with Crippen LogP contribution in [-0.2, 0) is 0 Å². The first kappa shape index (κ1) is 11.3. The van der Waals surface area contributed by atoms with E-state index in [4.69, 9.17) is 4.52 Å². The van der Waals surface area contributed by atoms with E-state index < -0.39 is 0 Å². The lowest BCUT2D eigenvalue weighted by atomic mass is 9.96. The van der Waals surface area contributed by atoms with E-state index in [1.807, 2.05) is 0 Å². The predicted octanol–water partition coefficient (Wildman–Crippen LogP) is 2.42. The van der Waals surface area contributed by atoms with Crippen LogP contribution in [0.5, 0.6) is 0 Å². The molecule has 1 aliphatic heterocycles. The first-order valence-corrected chi connectivity index (χ1v) is 5.89. The molecule has 4 heteroatoms. The van der Waals surface area contributed by atoms with Gasteiger partial charge in [-0.3, -0.25) is 9.69 Å². The van der Waals surface area contributed by atoms with Crippen LogP contribution in [0, 0.1) is 0 Å². The minimum Gasteiger partial charge on any atom is -0.359 e. The Bertz CT molecular complexity index is 360. The Labute approximate surface area is 95.6 Å². The van der Waals surface area contributed by atoms with Crippen LogP contribution >= 0.6 is 0 Å². The molecule has 0 N–H and O–H groups in total. The number of rotatable bonds is 3. The Morgan fingerprint density at radius 1 is 1.56 bits per heavy atom. The van der Waals surface area contributed by atoms with Crippen LogP contribution in [0.25, 0.3) is 0 Å². The Morgan fingerprint density at radius 3 is 3.06 bits per heavy atom. The highest BCUT2D eigenvalue weighted by Gasteiger charge is 2.30. The molecule has 1 unspecified atom stereocenters. The summed E-state index contributed by atoms with van der Waals surface area (Å²) >= 11 is 0. The minimum absolute atomic E-state index is 0.219. The van der Waals surface area contributed by atoms with Crippen LogP contribution in [0.2, 0.25) is 0 Å². The fourth-order valence-electron chi connectivity index (χ4n) is 2.45. The maximum absolute atomic E-state index is 10.9. The lowest BCUT2D eigenvalue weighted by Gasteiger charge is -2.37. The molecule has 1 fully saturated rings. The number of aromatic nitrogens is 1. The SMILES string of the molecule is CC(C)N1CCCCC1c1oncc1C=O. The van der Waals surface area contributed by atoms with E-state index in [0.717, 1.165) is 25.0 Å². The number of piperidine rings is 1. The summed E-state index contributed by atoms with van der Waals surface area (Å²) in [5.74, 6) is 0.739. The number of hydrogen-bond acceptors (Lipinski definition) is 4. The van der Waals surface area contributed by atoms with Crippen molar-refractivity contribution in [2.24, 2.45) is 0 Å². The molecule has 16 heavy (non-hydrogen) atoms. The van der Waals surface area contributed by atoms with Crippen LogP contribution in [0.3, 0.4) is 0 Å². The summed E-state index contributed by atoms with van der Waals surface area (Å²) in [6.07, 6.45) is 5.80. The van der Waals surface area contributed by atoms with Gasteiger partial charge in [-0.1, -0.05) is 11.6 Å². The van der Waals surface area contributed by atoms with Crippen molar-refractivity contribution in [1.29, 1.82) is 0 Å². The summed E-state index contributed by atoms with van der Waals surface area (Å²) in [6.45, 7) is 5.42. The fraction of sp³-hybridized carbons (Fsp3) is 0.667. The van der Waals surface area contributed by atoms with E-state index >= 15 is 0 Å². The topological polar surface area (TPSA) is 46.3 Å². The van der Waals surface area contributed by atoms with E-state index in [1.165, 1.54) is 19.0 Å². The van der Waals surface area contributed by atoms with Crippen molar-refractivity contribution in [2.75, 3.05) is 6.54 Å². The van der Waals surface area contributed by atoms with Gasteiger partial charge in [0.05, 0.1) is 17.8 Å². The summed E-state index contributed by atoms with van der Waals surface area (Å²) in [4.78, 5) is 13.3. The van der Waals surface area contributed by atoms with Crippen molar-refractivity contribution in [3.63, 3.8) is 0 Å². The van der Waals surface area contributed by atoms with Gasteiger partial charge in [0.2, 0.25) is 0 Å². The van der Waals surface area contributed by atoms with Crippen LogP contribution in [0.4, 0.5) is 0 Å². The second kappa shape index (κ2) is 4.78. The molecule has 0 saturated carbocycles. The molecule has 2 rings (SSSR count). The molecule has 0 aliphatic carbocycles. The zero-order valence-corrected chi connectivity index (χ0v) is 9.85. The molecule has 1 saturated heterocycles. The molecule has 1 aromatic rings. The monoisotopic (exact) mass is 222 g/mol. The molecule has 0 spiro atoms. The zero-order valence-electron chi connectivity index (χ0n) is 9.85. The Kier molecular flexibility index (Phi) is 3.39. The molecule has 0 amide bonds. The number of hydrogen-bond donors (Lipinski definition) is 0. The van der Waals surface area contributed by atoms with Crippen molar-refractivity contribution in [3.05, 3.63) is 17.5 Å². The van der Waals surface area contributed by atoms with Crippen molar-refractivity contribution in [2.45, 2.75) is 45.2 Å². The highest BCUT2D eigenvalue weighted by atomic mass is 16.5. The van der Waals surface area contributed by atoms with Crippen molar-refractivity contribution in [1.82, 2.24) is 10.1 Å². The summed E-state index contributed by atoms with van der Waals surface area (Å²) in [5.41, 5.74) is 0.595. The summed E-state index contributed by atoms with van der Waals surface area (Å²) in [7, 11) is 0. The lowest BCUT2D eigenvalue weighted by molar-refractivity contribution is 0.0893. The Balaban J connectivity index is 2.26. The van der Waals surface area contributed by atoms with Gasteiger partial charge in [0.1, 0.15) is 0 Å². The van der Waals surface area contributed by atoms with Gasteiger partial charge in [-0.05, 0) is 33.2 Å². The molecule has 1 aliphatic rings. The van der Waals surface area contributed by atoms with Gasteiger partial charge in [-0.15, -0.1) is 0 Å². The highest BCUT2D eigenvalue weighted by molar-refractivity contribution is 5.75. The maximum Gasteiger partial charge on any atom is 0.164 e. The van der Waals surface area contributed by atoms with Gasteiger partial charge in [-0.25, -0.2) is 0 Å². The van der Waals surface area contributed by atoms with Gasteiger partial charge >= 0.3 is 0 Å². The summed E-state index contributed by atoms with van der Waals surface area (Å²) < 4.78 is 5.25. The number of likely N-dealkylation sites (tertiary alicyclic amines) is 1. The molecule has 1 aromatic heterocycles. The van der Waals surface area contributed by atoms with E-state index in [9.17, 15) is 4.79 Å². The third-order valence-corrected chi connectivity index (χ3v) is 3.26.